The van der Waals surface area contributed by atoms with Gasteiger partial charge in [-0.25, -0.2) is 0 Å². The number of hydrogen-bond acceptors (Lipinski definition) is 3. The molecular weight excluding hydrogens is 254 g/mol. The topological polar surface area (TPSA) is 60.8 Å². The van der Waals surface area contributed by atoms with Gasteiger partial charge in [0.05, 0.1) is 0 Å². The van der Waals surface area contributed by atoms with Crippen LogP contribution in [0.2, 0.25) is 0 Å². The van der Waals surface area contributed by atoms with Crippen LogP contribution in [0.4, 0.5) is 5.69 Å². The van der Waals surface area contributed by atoms with E-state index < -0.39 is 5.91 Å². The Morgan fingerprint density at radius 1 is 1.05 bits per heavy atom. The van der Waals surface area contributed by atoms with Crippen molar-refractivity contribution in [3.8, 4) is 11.5 Å². The number of anilines is 1. The van der Waals surface area contributed by atoms with Crippen LogP contribution >= 0.6 is 0 Å². The first-order chi connectivity index (χ1) is 9.41. The average molecular weight is 271 g/mol. The second kappa shape index (κ2) is 5.25. The van der Waals surface area contributed by atoms with E-state index >= 15 is 0 Å². The van der Waals surface area contributed by atoms with E-state index in [1.807, 2.05) is 32.0 Å². The van der Waals surface area contributed by atoms with Crippen molar-refractivity contribution in [2.75, 3.05) is 11.9 Å². The van der Waals surface area contributed by atoms with Crippen LogP contribution in [0.5, 0.6) is 11.5 Å². The number of aryl methyl sites for hydroxylation is 2. The monoisotopic (exact) mass is 271 g/mol. The first-order valence-electron chi connectivity index (χ1n) is 6.28. The summed E-state index contributed by atoms with van der Waals surface area (Å²) >= 11 is 0. The third kappa shape index (κ3) is 2.45. The van der Waals surface area contributed by atoms with Crippen molar-refractivity contribution < 1.29 is 15.0 Å². The van der Waals surface area contributed by atoms with E-state index in [-0.39, 0.29) is 17.1 Å². The van der Waals surface area contributed by atoms with E-state index in [0.717, 1.165) is 16.8 Å². The van der Waals surface area contributed by atoms with Gasteiger partial charge in [0.1, 0.15) is 17.1 Å². The molecule has 0 saturated heterocycles. The Hall–Kier alpha value is -2.49. The van der Waals surface area contributed by atoms with E-state index in [1.165, 1.54) is 23.1 Å². The Morgan fingerprint density at radius 3 is 2.20 bits per heavy atom. The molecule has 4 heteroatoms. The number of aromatic hydroxyl groups is 2. The Labute approximate surface area is 117 Å². The van der Waals surface area contributed by atoms with Crippen molar-refractivity contribution in [3.63, 3.8) is 0 Å². The lowest BCUT2D eigenvalue weighted by Crippen LogP contribution is -2.27. The third-order valence-corrected chi connectivity index (χ3v) is 3.25. The highest BCUT2D eigenvalue weighted by Gasteiger charge is 2.21. The number of phenolic OH excluding ortho intramolecular Hbond substituents is 2. The normalized spacial score (nSPS) is 10.3. The molecule has 2 aromatic carbocycles. The first-order valence-corrected chi connectivity index (χ1v) is 6.28. The summed E-state index contributed by atoms with van der Waals surface area (Å²) in [6.45, 7) is 3.89. The van der Waals surface area contributed by atoms with Gasteiger partial charge in [-0.1, -0.05) is 23.8 Å². The number of rotatable bonds is 2. The van der Waals surface area contributed by atoms with Crippen LogP contribution in [0.15, 0.2) is 36.4 Å². The molecule has 0 saturated carbocycles. The van der Waals surface area contributed by atoms with Crippen molar-refractivity contribution >= 4 is 11.6 Å². The van der Waals surface area contributed by atoms with Crippen LogP contribution in [0, 0.1) is 13.8 Å². The van der Waals surface area contributed by atoms with E-state index in [9.17, 15) is 15.0 Å². The third-order valence-electron chi connectivity index (χ3n) is 3.25. The Kier molecular flexibility index (Phi) is 3.66. The highest BCUT2D eigenvalue weighted by Crippen LogP contribution is 2.30. The molecule has 2 rings (SSSR count). The summed E-state index contributed by atoms with van der Waals surface area (Å²) in [5.41, 5.74) is 2.71. The molecule has 0 aliphatic rings. The largest absolute Gasteiger partial charge is 0.507 e. The SMILES string of the molecule is Cc1ccc(N(C)C(=O)c2c(O)cccc2O)c(C)c1. The molecule has 0 bridgehead atoms. The fourth-order valence-corrected chi connectivity index (χ4v) is 2.21. The van der Waals surface area contributed by atoms with Crippen LogP contribution in [0.25, 0.3) is 0 Å². The molecule has 4 nitrogen and oxygen atoms in total. The summed E-state index contributed by atoms with van der Waals surface area (Å²) < 4.78 is 0. The Bertz CT molecular complexity index is 645. The molecule has 0 spiro atoms. The molecular formula is C16H17NO3. The van der Waals surface area contributed by atoms with Gasteiger partial charge in [0, 0.05) is 12.7 Å². The van der Waals surface area contributed by atoms with Crippen molar-refractivity contribution in [2.24, 2.45) is 0 Å². The summed E-state index contributed by atoms with van der Waals surface area (Å²) in [5, 5.41) is 19.5. The maximum absolute atomic E-state index is 12.4. The molecule has 2 N–H and O–H groups in total. The predicted octanol–water partition coefficient (Wildman–Crippen LogP) is 2.99. The lowest BCUT2D eigenvalue weighted by atomic mass is 10.1. The maximum atomic E-state index is 12.4. The van der Waals surface area contributed by atoms with Crippen LogP contribution in [0.1, 0.15) is 21.5 Å². The minimum Gasteiger partial charge on any atom is -0.507 e. The second-order valence-electron chi connectivity index (χ2n) is 4.83. The minimum atomic E-state index is -0.451. The molecule has 20 heavy (non-hydrogen) atoms. The van der Waals surface area contributed by atoms with E-state index in [1.54, 1.807) is 7.05 Å². The Morgan fingerprint density at radius 2 is 1.65 bits per heavy atom. The Balaban J connectivity index is 2.43. The van der Waals surface area contributed by atoms with Crippen molar-refractivity contribution in [3.05, 3.63) is 53.1 Å². The van der Waals surface area contributed by atoms with Crippen LogP contribution in [0.3, 0.4) is 0 Å². The quantitative estimate of drug-likeness (QED) is 0.882. The fraction of sp³-hybridized carbons (Fsp3) is 0.188. The first kappa shape index (κ1) is 13.9. The highest BCUT2D eigenvalue weighted by atomic mass is 16.3. The molecule has 0 radical (unpaired) electrons. The smallest absolute Gasteiger partial charge is 0.265 e. The standard InChI is InChI=1S/C16H17NO3/c1-10-7-8-12(11(2)9-10)17(3)16(20)15-13(18)5-4-6-14(15)19/h4-9,18-19H,1-3H3. The zero-order valence-corrected chi connectivity index (χ0v) is 11.7. The molecule has 0 aromatic heterocycles. The number of phenols is 2. The van der Waals surface area contributed by atoms with Gasteiger partial charge in [0.25, 0.3) is 5.91 Å². The van der Waals surface area contributed by atoms with Gasteiger partial charge in [0.15, 0.2) is 0 Å². The van der Waals surface area contributed by atoms with Gasteiger partial charge in [0.2, 0.25) is 0 Å². The summed E-state index contributed by atoms with van der Waals surface area (Å²) in [6.07, 6.45) is 0. The molecule has 0 fully saturated rings. The maximum Gasteiger partial charge on any atom is 0.265 e. The molecule has 0 aliphatic carbocycles. The number of nitrogens with zero attached hydrogens (tertiary/aromatic N) is 1. The number of carbonyl (C=O) groups is 1. The molecule has 104 valence electrons. The number of carbonyl (C=O) groups excluding carboxylic acids is 1. The lowest BCUT2D eigenvalue weighted by Gasteiger charge is -2.21. The van der Waals surface area contributed by atoms with Gasteiger partial charge >= 0.3 is 0 Å². The zero-order chi connectivity index (χ0) is 14.9. The van der Waals surface area contributed by atoms with Crippen molar-refractivity contribution in [1.82, 2.24) is 0 Å². The van der Waals surface area contributed by atoms with Gasteiger partial charge in [-0.2, -0.15) is 0 Å². The van der Waals surface area contributed by atoms with Crippen LogP contribution < -0.4 is 4.90 Å². The molecule has 2 aromatic rings. The number of amides is 1. The van der Waals surface area contributed by atoms with Gasteiger partial charge in [-0.05, 0) is 37.6 Å². The molecule has 0 unspecified atom stereocenters. The summed E-state index contributed by atoms with van der Waals surface area (Å²) in [4.78, 5) is 13.9. The van der Waals surface area contributed by atoms with Gasteiger partial charge in [-0.15, -0.1) is 0 Å². The van der Waals surface area contributed by atoms with Crippen LogP contribution in [-0.2, 0) is 0 Å². The lowest BCUT2D eigenvalue weighted by molar-refractivity contribution is 0.0987. The summed E-state index contributed by atoms with van der Waals surface area (Å²) in [5.74, 6) is -0.911. The average Bonchev–Trinajstić information content (AvgIpc) is 2.37. The second-order valence-corrected chi connectivity index (χ2v) is 4.83. The van der Waals surface area contributed by atoms with Crippen molar-refractivity contribution in [1.29, 1.82) is 0 Å². The van der Waals surface area contributed by atoms with Crippen molar-refractivity contribution in [2.45, 2.75) is 13.8 Å². The predicted molar refractivity (Wildman–Crippen MR) is 78.4 cm³/mol. The summed E-state index contributed by atoms with van der Waals surface area (Å²) in [7, 11) is 1.62. The molecule has 0 heterocycles. The van der Waals surface area contributed by atoms with E-state index in [2.05, 4.69) is 0 Å². The van der Waals surface area contributed by atoms with E-state index in [4.69, 9.17) is 0 Å². The highest BCUT2D eigenvalue weighted by molar-refractivity contribution is 6.09. The molecule has 0 aliphatic heterocycles. The van der Waals surface area contributed by atoms with Gasteiger partial charge in [-0.3, -0.25) is 4.79 Å². The van der Waals surface area contributed by atoms with E-state index in [0.29, 0.717) is 0 Å². The summed E-state index contributed by atoms with van der Waals surface area (Å²) in [6, 6.07) is 9.98. The number of hydrogen-bond donors (Lipinski definition) is 2. The van der Waals surface area contributed by atoms with Crippen LogP contribution in [-0.4, -0.2) is 23.2 Å². The number of benzene rings is 2. The zero-order valence-electron chi connectivity index (χ0n) is 11.7. The molecule has 1 amide bonds. The van der Waals surface area contributed by atoms with Gasteiger partial charge < -0.3 is 15.1 Å². The minimum absolute atomic E-state index is 0.0880. The molecule has 0 atom stereocenters. The fourth-order valence-electron chi connectivity index (χ4n) is 2.21.